The van der Waals surface area contributed by atoms with Gasteiger partial charge in [0.25, 0.3) is 0 Å². The minimum atomic E-state index is -0.113. The van der Waals surface area contributed by atoms with Crippen LogP contribution in [0.5, 0.6) is 0 Å². The second-order valence-corrected chi connectivity index (χ2v) is 6.28. The predicted molar refractivity (Wildman–Crippen MR) is 64.3 cm³/mol. The molecule has 2 heterocycles. The zero-order chi connectivity index (χ0) is 12.0. The van der Waals surface area contributed by atoms with Crippen LogP contribution in [0.25, 0.3) is 0 Å². The molecule has 0 radical (unpaired) electrons. The van der Waals surface area contributed by atoms with Gasteiger partial charge in [0.2, 0.25) is 5.91 Å². The van der Waals surface area contributed by atoms with Crippen LogP contribution in [0.15, 0.2) is 0 Å². The fourth-order valence-electron chi connectivity index (χ4n) is 3.43. The number of fused-ring (bicyclic) bond motifs is 2. The molecule has 1 amide bonds. The maximum atomic E-state index is 12.2. The minimum Gasteiger partial charge on any atom is -0.372 e. The lowest BCUT2D eigenvalue weighted by molar-refractivity contribution is -0.127. The van der Waals surface area contributed by atoms with E-state index in [-0.39, 0.29) is 30.1 Å². The van der Waals surface area contributed by atoms with Crippen molar-refractivity contribution >= 4 is 5.91 Å². The molecule has 3 fully saturated rings. The Kier molecular flexibility index (Phi) is 2.67. The Labute approximate surface area is 102 Å². The zero-order valence-electron chi connectivity index (χ0n) is 10.4. The summed E-state index contributed by atoms with van der Waals surface area (Å²) in [5, 5.41) is 3.08. The smallest absolute Gasteiger partial charge is 0.227 e. The van der Waals surface area contributed by atoms with E-state index in [1.165, 1.54) is 19.3 Å². The normalized spacial score (nSPS) is 42.2. The highest BCUT2D eigenvalue weighted by Crippen LogP contribution is 2.40. The maximum absolute atomic E-state index is 12.2. The van der Waals surface area contributed by atoms with Crippen LogP contribution in [-0.2, 0) is 9.53 Å². The average molecular weight is 238 g/mol. The molecule has 4 atom stereocenters. The molecule has 96 valence electrons. The van der Waals surface area contributed by atoms with Crippen molar-refractivity contribution in [1.82, 2.24) is 5.32 Å². The number of carbonyl (C=O) groups excluding carboxylic acids is 1. The van der Waals surface area contributed by atoms with Crippen LogP contribution in [0, 0.1) is 11.3 Å². The molecule has 4 nitrogen and oxygen atoms in total. The molecular weight excluding hydrogens is 216 g/mol. The minimum absolute atomic E-state index is 0.0733. The Bertz CT molecular complexity index is 325. The van der Waals surface area contributed by atoms with Gasteiger partial charge in [0.1, 0.15) is 0 Å². The Morgan fingerprint density at radius 2 is 2.12 bits per heavy atom. The molecule has 3 N–H and O–H groups in total. The fourth-order valence-corrected chi connectivity index (χ4v) is 3.43. The summed E-state index contributed by atoms with van der Waals surface area (Å²) in [4.78, 5) is 12.2. The molecule has 4 heteroatoms. The van der Waals surface area contributed by atoms with E-state index in [2.05, 4.69) is 12.2 Å². The first-order valence-corrected chi connectivity index (χ1v) is 6.78. The van der Waals surface area contributed by atoms with E-state index in [1.807, 2.05) is 0 Å². The van der Waals surface area contributed by atoms with Crippen molar-refractivity contribution in [3.63, 3.8) is 0 Å². The van der Waals surface area contributed by atoms with Gasteiger partial charge >= 0.3 is 0 Å². The molecule has 0 aromatic heterocycles. The van der Waals surface area contributed by atoms with E-state index < -0.39 is 0 Å². The van der Waals surface area contributed by atoms with Crippen molar-refractivity contribution < 1.29 is 9.53 Å². The van der Waals surface area contributed by atoms with Gasteiger partial charge in [0.05, 0.1) is 18.1 Å². The quantitative estimate of drug-likeness (QED) is 0.764. The van der Waals surface area contributed by atoms with Gasteiger partial charge in [-0.05, 0) is 31.1 Å². The fraction of sp³-hybridized carbons (Fsp3) is 0.923. The maximum Gasteiger partial charge on any atom is 0.227 e. The highest BCUT2D eigenvalue weighted by atomic mass is 16.5. The lowest BCUT2D eigenvalue weighted by atomic mass is 9.70. The van der Waals surface area contributed by atoms with E-state index >= 15 is 0 Å². The largest absolute Gasteiger partial charge is 0.372 e. The third-order valence-corrected chi connectivity index (χ3v) is 4.88. The van der Waals surface area contributed by atoms with Crippen molar-refractivity contribution in [3.8, 4) is 0 Å². The van der Waals surface area contributed by atoms with Crippen molar-refractivity contribution in [2.24, 2.45) is 17.1 Å². The van der Waals surface area contributed by atoms with Crippen LogP contribution in [0.3, 0.4) is 0 Å². The van der Waals surface area contributed by atoms with Gasteiger partial charge < -0.3 is 15.8 Å². The third kappa shape index (κ3) is 1.87. The molecular formula is C13H22N2O2. The number of nitrogens with one attached hydrogen (secondary N) is 1. The second-order valence-electron chi connectivity index (χ2n) is 6.28. The van der Waals surface area contributed by atoms with Crippen LogP contribution in [0.1, 0.15) is 39.0 Å². The van der Waals surface area contributed by atoms with Gasteiger partial charge in [-0.2, -0.15) is 0 Å². The molecule has 2 bridgehead atoms. The van der Waals surface area contributed by atoms with Crippen LogP contribution in [0.4, 0.5) is 0 Å². The lowest BCUT2D eigenvalue weighted by Gasteiger charge is -2.39. The Hall–Kier alpha value is -0.610. The predicted octanol–water partition coefficient (Wildman–Crippen LogP) is 0.797. The summed E-state index contributed by atoms with van der Waals surface area (Å²) in [7, 11) is 0. The van der Waals surface area contributed by atoms with Crippen LogP contribution < -0.4 is 11.1 Å². The van der Waals surface area contributed by atoms with Crippen LogP contribution >= 0.6 is 0 Å². The van der Waals surface area contributed by atoms with Crippen molar-refractivity contribution in [2.75, 3.05) is 6.54 Å². The van der Waals surface area contributed by atoms with Crippen LogP contribution in [-0.4, -0.2) is 30.7 Å². The SMILES string of the molecule is CC1(CNC(=O)[C@@H]2[C@H](N)[C@@H]3CC[C@H]2O3)CCC1. The number of hydrogen-bond acceptors (Lipinski definition) is 3. The number of carbonyl (C=O) groups is 1. The van der Waals surface area contributed by atoms with E-state index in [1.54, 1.807) is 0 Å². The zero-order valence-corrected chi connectivity index (χ0v) is 10.4. The molecule has 17 heavy (non-hydrogen) atoms. The molecule has 2 saturated heterocycles. The van der Waals surface area contributed by atoms with E-state index in [9.17, 15) is 4.79 Å². The van der Waals surface area contributed by atoms with Gasteiger partial charge in [0.15, 0.2) is 0 Å². The number of nitrogens with two attached hydrogens (primary N) is 1. The first kappa shape index (κ1) is 11.5. The standard InChI is InChI=1S/C13H22N2O2/c1-13(5-2-6-13)7-15-12(16)10-8-3-4-9(17-8)11(10)14/h8-11H,2-7,14H2,1H3,(H,15,16)/t8-,9+,10+,11-/m1/s1. The summed E-state index contributed by atoms with van der Waals surface area (Å²) in [6.07, 6.45) is 5.96. The molecule has 0 aromatic rings. The van der Waals surface area contributed by atoms with E-state index in [0.29, 0.717) is 5.41 Å². The highest BCUT2D eigenvalue weighted by Gasteiger charge is 2.50. The van der Waals surface area contributed by atoms with Crippen molar-refractivity contribution in [1.29, 1.82) is 0 Å². The van der Waals surface area contributed by atoms with Crippen molar-refractivity contribution in [2.45, 2.75) is 57.3 Å². The Morgan fingerprint density at radius 3 is 2.65 bits per heavy atom. The molecule has 1 aliphatic carbocycles. The molecule has 1 saturated carbocycles. The van der Waals surface area contributed by atoms with Gasteiger partial charge in [-0.3, -0.25) is 4.79 Å². The van der Waals surface area contributed by atoms with Crippen LogP contribution in [0.2, 0.25) is 0 Å². The highest BCUT2D eigenvalue weighted by molar-refractivity contribution is 5.80. The van der Waals surface area contributed by atoms with Crippen molar-refractivity contribution in [3.05, 3.63) is 0 Å². The van der Waals surface area contributed by atoms with Gasteiger partial charge in [-0.25, -0.2) is 0 Å². The first-order valence-electron chi connectivity index (χ1n) is 6.78. The second kappa shape index (κ2) is 3.95. The summed E-state index contributed by atoms with van der Waals surface area (Å²) in [6.45, 7) is 3.04. The molecule has 2 aliphatic heterocycles. The average Bonchev–Trinajstić information content (AvgIpc) is 2.83. The Morgan fingerprint density at radius 1 is 1.41 bits per heavy atom. The Balaban J connectivity index is 1.56. The van der Waals surface area contributed by atoms with E-state index in [4.69, 9.17) is 10.5 Å². The van der Waals surface area contributed by atoms with Gasteiger partial charge in [-0.15, -0.1) is 0 Å². The summed E-state index contributed by atoms with van der Waals surface area (Å²) < 4.78 is 5.70. The number of amides is 1. The number of rotatable bonds is 3. The molecule has 0 aromatic carbocycles. The summed E-state index contributed by atoms with van der Waals surface area (Å²) in [5.74, 6) is -0.00440. The van der Waals surface area contributed by atoms with Gasteiger partial charge in [-0.1, -0.05) is 13.3 Å². The number of ether oxygens (including phenoxy) is 1. The topological polar surface area (TPSA) is 64.4 Å². The summed E-state index contributed by atoms with van der Waals surface area (Å²) in [5.41, 5.74) is 6.40. The van der Waals surface area contributed by atoms with Gasteiger partial charge in [0, 0.05) is 12.6 Å². The lowest BCUT2D eigenvalue weighted by Crippen LogP contribution is -2.50. The molecule has 3 aliphatic rings. The molecule has 3 rings (SSSR count). The van der Waals surface area contributed by atoms with E-state index in [0.717, 1.165) is 19.4 Å². The summed E-state index contributed by atoms with van der Waals surface area (Å²) >= 11 is 0. The monoisotopic (exact) mass is 238 g/mol. The summed E-state index contributed by atoms with van der Waals surface area (Å²) in [6, 6.07) is -0.0945. The molecule has 0 spiro atoms. The molecule has 0 unspecified atom stereocenters. The first-order chi connectivity index (χ1) is 8.09. The third-order valence-electron chi connectivity index (χ3n) is 4.88. The number of hydrogen-bond donors (Lipinski definition) is 2.